The lowest BCUT2D eigenvalue weighted by molar-refractivity contribution is -0.134. The van der Waals surface area contributed by atoms with E-state index in [9.17, 15) is 9.59 Å². The van der Waals surface area contributed by atoms with Crippen molar-refractivity contribution in [3.8, 4) is 0 Å². The number of nitrogens with one attached hydrogen (secondary N) is 2. The summed E-state index contributed by atoms with van der Waals surface area (Å²) in [5, 5.41) is 6.48. The maximum atomic E-state index is 11.6. The first-order valence-corrected chi connectivity index (χ1v) is 6.27. The molecule has 1 aromatic carbocycles. The van der Waals surface area contributed by atoms with Gasteiger partial charge in [-0.1, -0.05) is 18.2 Å². The molecule has 2 amide bonds. The average molecular weight is 258 g/mol. The molecule has 1 aliphatic rings. The second-order valence-electron chi connectivity index (χ2n) is 4.64. The molecule has 98 valence electrons. The molecule has 1 saturated heterocycles. The molecule has 0 radical (unpaired) electrons. The van der Waals surface area contributed by atoms with E-state index in [2.05, 4.69) is 10.6 Å². The Labute approximate surface area is 110 Å². The number of rotatable bonds is 3. The Morgan fingerprint density at radius 2 is 2.16 bits per heavy atom. The van der Waals surface area contributed by atoms with Crippen molar-refractivity contribution in [2.45, 2.75) is 25.4 Å². The van der Waals surface area contributed by atoms with Crippen LogP contribution in [0.3, 0.4) is 0 Å². The number of fused-ring (bicyclic) bond motifs is 1. The van der Waals surface area contributed by atoms with Gasteiger partial charge in [-0.2, -0.15) is 0 Å². The van der Waals surface area contributed by atoms with Crippen molar-refractivity contribution >= 4 is 22.8 Å². The van der Waals surface area contributed by atoms with Crippen LogP contribution >= 0.6 is 0 Å². The molecule has 3 rings (SSSR count). The fourth-order valence-electron chi connectivity index (χ4n) is 2.24. The van der Waals surface area contributed by atoms with Crippen molar-refractivity contribution in [2.75, 3.05) is 0 Å². The molecule has 1 fully saturated rings. The van der Waals surface area contributed by atoms with Crippen molar-refractivity contribution in [2.24, 2.45) is 0 Å². The summed E-state index contributed by atoms with van der Waals surface area (Å²) in [6, 6.07) is 9.39. The summed E-state index contributed by atoms with van der Waals surface area (Å²) >= 11 is 0. The van der Waals surface area contributed by atoms with Gasteiger partial charge in [0.1, 0.15) is 11.3 Å². The number of piperidine rings is 1. The molecule has 2 N–H and O–H groups in total. The number of carbonyl (C=O) groups excluding carboxylic acids is 2. The van der Waals surface area contributed by atoms with Crippen LogP contribution in [-0.2, 0) is 16.1 Å². The van der Waals surface area contributed by atoms with Crippen molar-refractivity contribution in [3.63, 3.8) is 0 Å². The fourth-order valence-corrected chi connectivity index (χ4v) is 2.24. The Hall–Kier alpha value is -2.14. The lowest BCUT2D eigenvalue weighted by atomic mass is 10.1. The molecule has 1 aliphatic heterocycles. The molecule has 19 heavy (non-hydrogen) atoms. The predicted octanol–water partition coefficient (Wildman–Crippen LogP) is 1.33. The monoisotopic (exact) mass is 258 g/mol. The molecule has 0 saturated carbocycles. The molecule has 1 aromatic heterocycles. The summed E-state index contributed by atoms with van der Waals surface area (Å²) in [7, 11) is 0. The largest absolute Gasteiger partial charge is 0.460 e. The Balaban J connectivity index is 1.65. The van der Waals surface area contributed by atoms with Crippen LogP contribution in [0, 0.1) is 0 Å². The summed E-state index contributed by atoms with van der Waals surface area (Å²) < 4.78 is 5.65. The minimum Gasteiger partial charge on any atom is -0.460 e. The third-order valence-corrected chi connectivity index (χ3v) is 3.24. The van der Waals surface area contributed by atoms with E-state index in [1.165, 1.54) is 0 Å². The van der Waals surface area contributed by atoms with Crippen LogP contribution in [0.25, 0.3) is 11.0 Å². The first-order valence-electron chi connectivity index (χ1n) is 6.27. The zero-order valence-electron chi connectivity index (χ0n) is 10.3. The van der Waals surface area contributed by atoms with E-state index < -0.39 is 0 Å². The second-order valence-corrected chi connectivity index (χ2v) is 4.64. The molecule has 0 aliphatic carbocycles. The third kappa shape index (κ3) is 2.51. The van der Waals surface area contributed by atoms with Crippen LogP contribution < -0.4 is 10.6 Å². The molecule has 5 heteroatoms. The van der Waals surface area contributed by atoms with E-state index in [0.717, 1.165) is 16.7 Å². The number of furan rings is 1. The van der Waals surface area contributed by atoms with Crippen LogP contribution in [0.1, 0.15) is 18.6 Å². The number of hydrogen-bond acceptors (Lipinski definition) is 4. The SMILES string of the molecule is O=C1CCC(NCc2cc3ccccc3o2)C(=O)N1. The first-order chi connectivity index (χ1) is 9.22. The van der Waals surface area contributed by atoms with Gasteiger partial charge in [-0.05, 0) is 18.6 Å². The number of imide groups is 1. The molecular formula is C14H14N2O3. The van der Waals surface area contributed by atoms with Gasteiger partial charge in [0, 0.05) is 11.8 Å². The zero-order valence-corrected chi connectivity index (χ0v) is 10.3. The number of para-hydroxylation sites is 1. The number of carbonyl (C=O) groups is 2. The Bertz CT molecular complexity index is 599. The van der Waals surface area contributed by atoms with Gasteiger partial charge in [0.05, 0.1) is 12.6 Å². The molecule has 2 aromatic rings. The maximum Gasteiger partial charge on any atom is 0.243 e. The summed E-state index contributed by atoms with van der Waals surface area (Å²) in [5.74, 6) is 0.324. The minimum absolute atomic E-state index is 0.202. The maximum absolute atomic E-state index is 11.6. The van der Waals surface area contributed by atoms with E-state index in [-0.39, 0.29) is 17.9 Å². The highest BCUT2D eigenvalue weighted by atomic mass is 16.3. The van der Waals surface area contributed by atoms with Crippen LogP contribution in [0.2, 0.25) is 0 Å². The highest BCUT2D eigenvalue weighted by molar-refractivity contribution is 6.00. The highest BCUT2D eigenvalue weighted by Crippen LogP contribution is 2.18. The van der Waals surface area contributed by atoms with Gasteiger partial charge in [-0.15, -0.1) is 0 Å². The second kappa shape index (κ2) is 4.85. The van der Waals surface area contributed by atoms with Gasteiger partial charge in [-0.25, -0.2) is 0 Å². The van der Waals surface area contributed by atoms with Gasteiger partial charge in [0.25, 0.3) is 0 Å². The molecule has 0 spiro atoms. The van der Waals surface area contributed by atoms with Gasteiger partial charge in [0.15, 0.2) is 0 Å². The van der Waals surface area contributed by atoms with Crippen molar-refractivity contribution in [1.82, 2.24) is 10.6 Å². The highest BCUT2D eigenvalue weighted by Gasteiger charge is 2.26. The molecule has 2 heterocycles. The Morgan fingerprint density at radius 3 is 2.95 bits per heavy atom. The van der Waals surface area contributed by atoms with Gasteiger partial charge < -0.3 is 4.42 Å². The number of amides is 2. The molecule has 1 atom stereocenters. The third-order valence-electron chi connectivity index (χ3n) is 3.24. The number of benzene rings is 1. The zero-order chi connectivity index (χ0) is 13.2. The Kier molecular flexibility index (Phi) is 3.05. The van der Waals surface area contributed by atoms with E-state index in [4.69, 9.17) is 4.42 Å². The smallest absolute Gasteiger partial charge is 0.243 e. The standard InChI is InChI=1S/C14H14N2O3/c17-13-6-5-11(14(18)16-13)15-8-10-7-9-3-1-2-4-12(9)19-10/h1-4,7,11,15H,5-6,8H2,(H,16,17,18). The van der Waals surface area contributed by atoms with Crippen molar-refractivity contribution < 1.29 is 14.0 Å². The van der Waals surface area contributed by atoms with Crippen molar-refractivity contribution in [1.29, 1.82) is 0 Å². The number of hydrogen-bond donors (Lipinski definition) is 2. The van der Waals surface area contributed by atoms with E-state index in [0.29, 0.717) is 19.4 Å². The minimum atomic E-state index is -0.328. The first kappa shape index (κ1) is 11.9. The summed E-state index contributed by atoms with van der Waals surface area (Å²) in [6.45, 7) is 0.473. The topological polar surface area (TPSA) is 71.3 Å². The summed E-state index contributed by atoms with van der Waals surface area (Å²) in [4.78, 5) is 22.6. The van der Waals surface area contributed by atoms with E-state index in [1.54, 1.807) is 0 Å². The van der Waals surface area contributed by atoms with Gasteiger partial charge in [0.2, 0.25) is 11.8 Å². The predicted molar refractivity (Wildman–Crippen MR) is 69.2 cm³/mol. The van der Waals surface area contributed by atoms with Gasteiger partial charge >= 0.3 is 0 Å². The van der Waals surface area contributed by atoms with Crippen LogP contribution in [-0.4, -0.2) is 17.9 Å². The van der Waals surface area contributed by atoms with Gasteiger partial charge in [-0.3, -0.25) is 20.2 Å². The normalized spacial score (nSPS) is 19.7. The van der Waals surface area contributed by atoms with Crippen LogP contribution in [0.4, 0.5) is 0 Å². The van der Waals surface area contributed by atoms with Crippen LogP contribution in [0.15, 0.2) is 34.7 Å². The lowest BCUT2D eigenvalue weighted by Gasteiger charge is -2.21. The molecule has 0 bridgehead atoms. The fraction of sp³-hybridized carbons (Fsp3) is 0.286. The van der Waals surface area contributed by atoms with Crippen molar-refractivity contribution in [3.05, 3.63) is 36.1 Å². The van der Waals surface area contributed by atoms with E-state index in [1.807, 2.05) is 30.3 Å². The average Bonchev–Trinajstić information content (AvgIpc) is 2.80. The summed E-state index contributed by atoms with van der Waals surface area (Å²) in [5.41, 5.74) is 0.836. The Morgan fingerprint density at radius 1 is 1.32 bits per heavy atom. The molecule has 5 nitrogen and oxygen atoms in total. The molecular weight excluding hydrogens is 244 g/mol. The van der Waals surface area contributed by atoms with E-state index >= 15 is 0 Å². The summed E-state index contributed by atoms with van der Waals surface area (Å²) in [6.07, 6.45) is 0.911. The van der Waals surface area contributed by atoms with Crippen LogP contribution in [0.5, 0.6) is 0 Å². The lowest BCUT2D eigenvalue weighted by Crippen LogP contribution is -2.50. The quantitative estimate of drug-likeness (QED) is 0.815. The molecule has 1 unspecified atom stereocenters.